The number of benzene rings is 3. The molecule has 0 aromatic heterocycles. The smallest absolute Gasteiger partial charge is 0.264 e. The van der Waals surface area contributed by atoms with Gasteiger partial charge in [0.25, 0.3) is 10.0 Å². The molecule has 212 valence electrons. The molecule has 1 aliphatic carbocycles. The van der Waals surface area contributed by atoms with Gasteiger partial charge in [-0.1, -0.05) is 91.5 Å². The predicted molar refractivity (Wildman–Crippen MR) is 159 cm³/mol. The van der Waals surface area contributed by atoms with E-state index in [1.165, 1.54) is 35.2 Å². The molecule has 0 heterocycles. The topological polar surface area (TPSA) is 86.8 Å². The zero-order chi connectivity index (χ0) is 28.7. The van der Waals surface area contributed by atoms with Crippen molar-refractivity contribution in [2.24, 2.45) is 0 Å². The highest BCUT2D eigenvalue weighted by Gasteiger charge is 2.35. The SMILES string of the molecule is CCC(C(=O)NC1CCCC1)N(Cc1ccccc1)C(=O)CN(c1ccc(Cl)cc1Cl)S(=O)(=O)c1ccccc1. The third kappa shape index (κ3) is 7.16. The quantitative estimate of drug-likeness (QED) is 0.289. The zero-order valence-electron chi connectivity index (χ0n) is 22.3. The molecule has 0 spiro atoms. The number of sulfonamides is 1. The maximum Gasteiger partial charge on any atom is 0.264 e. The minimum absolute atomic E-state index is 0.00874. The van der Waals surface area contributed by atoms with E-state index in [2.05, 4.69) is 5.32 Å². The summed E-state index contributed by atoms with van der Waals surface area (Å²) in [6.07, 6.45) is 4.30. The molecule has 0 saturated heterocycles. The van der Waals surface area contributed by atoms with Gasteiger partial charge in [0.1, 0.15) is 12.6 Å². The van der Waals surface area contributed by atoms with Crippen LogP contribution in [0.4, 0.5) is 5.69 Å². The number of rotatable bonds is 11. The lowest BCUT2D eigenvalue weighted by molar-refractivity contribution is -0.140. The van der Waals surface area contributed by atoms with E-state index in [-0.39, 0.29) is 34.1 Å². The van der Waals surface area contributed by atoms with Crippen LogP contribution in [0, 0.1) is 0 Å². The molecule has 1 fully saturated rings. The lowest BCUT2D eigenvalue weighted by atomic mass is 10.1. The number of halogens is 2. The Morgan fingerprint density at radius 1 is 0.950 bits per heavy atom. The fourth-order valence-corrected chi connectivity index (χ4v) is 7.00. The molecule has 3 aromatic carbocycles. The number of amides is 2. The number of nitrogens with zero attached hydrogens (tertiary/aromatic N) is 2. The highest BCUT2D eigenvalue weighted by atomic mass is 35.5. The van der Waals surface area contributed by atoms with Crippen LogP contribution in [0.5, 0.6) is 0 Å². The number of carbonyl (C=O) groups excluding carboxylic acids is 2. The summed E-state index contributed by atoms with van der Waals surface area (Å²) < 4.78 is 28.7. The zero-order valence-corrected chi connectivity index (χ0v) is 24.6. The second-order valence-corrected chi connectivity index (χ2v) is 12.5. The van der Waals surface area contributed by atoms with Crippen molar-refractivity contribution >= 4 is 50.7 Å². The van der Waals surface area contributed by atoms with Gasteiger partial charge in [0.05, 0.1) is 15.6 Å². The van der Waals surface area contributed by atoms with Crippen LogP contribution in [0.2, 0.25) is 10.0 Å². The van der Waals surface area contributed by atoms with Gasteiger partial charge >= 0.3 is 0 Å². The summed E-state index contributed by atoms with van der Waals surface area (Å²) in [6.45, 7) is 1.43. The third-order valence-electron chi connectivity index (χ3n) is 7.07. The monoisotopic (exact) mass is 601 g/mol. The minimum atomic E-state index is -4.20. The Hall–Kier alpha value is -3.07. The van der Waals surface area contributed by atoms with E-state index in [1.807, 2.05) is 37.3 Å². The normalized spacial score (nSPS) is 14.5. The van der Waals surface area contributed by atoms with Crippen LogP contribution in [0.3, 0.4) is 0 Å². The average Bonchev–Trinajstić information content (AvgIpc) is 3.46. The van der Waals surface area contributed by atoms with E-state index < -0.39 is 28.5 Å². The van der Waals surface area contributed by atoms with Crippen molar-refractivity contribution in [2.45, 2.75) is 62.6 Å². The summed E-state index contributed by atoms with van der Waals surface area (Å²) in [4.78, 5) is 29.0. The summed E-state index contributed by atoms with van der Waals surface area (Å²) in [5.41, 5.74) is 0.941. The molecule has 1 unspecified atom stereocenters. The molecule has 0 bridgehead atoms. The van der Waals surface area contributed by atoms with Crippen molar-refractivity contribution in [3.63, 3.8) is 0 Å². The van der Waals surface area contributed by atoms with Gasteiger partial charge in [-0.25, -0.2) is 8.42 Å². The molecule has 3 aromatic rings. The lowest BCUT2D eigenvalue weighted by Crippen LogP contribution is -2.53. The molecule has 0 aliphatic heterocycles. The largest absolute Gasteiger partial charge is 0.352 e. The first-order chi connectivity index (χ1) is 19.2. The van der Waals surface area contributed by atoms with Gasteiger partial charge < -0.3 is 10.2 Å². The molecule has 10 heteroatoms. The number of anilines is 1. The van der Waals surface area contributed by atoms with Crippen LogP contribution in [0.1, 0.15) is 44.6 Å². The van der Waals surface area contributed by atoms with Gasteiger partial charge in [0.15, 0.2) is 0 Å². The van der Waals surface area contributed by atoms with Crippen molar-refractivity contribution in [1.29, 1.82) is 0 Å². The van der Waals surface area contributed by atoms with Crippen molar-refractivity contribution in [1.82, 2.24) is 10.2 Å². The Kier molecular flexibility index (Phi) is 10.1. The summed E-state index contributed by atoms with van der Waals surface area (Å²) in [6, 6.07) is 20.9. The lowest BCUT2D eigenvalue weighted by Gasteiger charge is -2.34. The second kappa shape index (κ2) is 13.5. The van der Waals surface area contributed by atoms with Gasteiger partial charge in [-0.05, 0) is 55.2 Å². The maximum absolute atomic E-state index is 14.1. The van der Waals surface area contributed by atoms with E-state index in [0.29, 0.717) is 11.4 Å². The van der Waals surface area contributed by atoms with Crippen LogP contribution >= 0.6 is 23.2 Å². The summed E-state index contributed by atoms with van der Waals surface area (Å²) in [5.74, 6) is -0.761. The Morgan fingerprint density at radius 2 is 1.57 bits per heavy atom. The highest BCUT2D eigenvalue weighted by Crippen LogP contribution is 2.33. The summed E-state index contributed by atoms with van der Waals surface area (Å²) in [7, 11) is -4.20. The van der Waals surface area contributed by atoms with Crippen LogP contribution in [0.25, 0.3) is 0 Å². The summed E-state index contributed by atoms with van der Waals surface area (Å²) in [5, 5.41) is 3.52. The molecule has 1 atom stereocenters. The van der Waals surface area contributed by atoms with Crippen molar-refractivity contribution in [2.75, 3.05) is 10.8 Å². The number of hydrogen-bond acceptors (Lipinski definition) is 4. The predicted octanol–water partition coefficient (Wildman–Crippen LogP) is 6.05. The molecule has 7 nitrogen and oxygen atoms in total. The van der Waals surface area contributed by atoms with Gasteiger partial charge in [-0.15, -0.1) is 0 Å². The van der Waals surface area contributed by atoms with Crippen LogP contribution < -0.4 is 9.62 Å². The number of carbonyl (C=O) groups is 2. The van der Waals surface area contributed by atoms with Crippen molar-refractivity contribution in [3.8, 4) is 0 Å². The fourth-order valence-electron chi connectivity index (χ4n) is 4.98. The van der Waals surface area contributed by atoms with Gasteiger partial charge in [-0.3, -0.25) is 13.9 Å². The number of hydrogen-bond donors (Lipinski definition) is 1. The van der Waals surface area contributed by atoms with Gasteiger partial charge in [-0.2, -0.15) is 0 Å². The fraction of sp³-hybridized carbons (Fsp3) is 0.333. The highest BCUT2D eigenvalue weighted by molar-refractivity contribution is 7.92. The first-order valence-corrected chi connectivity index (χ1v) is 15.6. The Bertz CT molecular complexity index is 1420. The molecule has 40 heavy (non-hydrogen) atoms. The summed E-state index contributed by atoms with van der Waals surface area (Å²) >= 11 is 12.6. The van der Waals surface area contributed by atoms with E-state index in [4.69, 9.17) is 23.2 Å². The molecule has 0 radical (unpaired) electrons. The number of nitrogens with one attached hydrogen (secondary N) is 1. The second-order valence-electron chi connectivity index (χ2n) is 9.84. The first kappa shape index (κ1) is 29.9. The van der Waals surface area contributed by atoms with Gasteiger partial charge in [0, 0.05) is 17.6 Å². The molecule has 2 amide bonds. The molecule has 1 aliphatic rings. The van der Waals surface area contributed by atoms with E-state index in [9.17, 15) is 18.0 Å². The molecular formula is C30H33Cl2N3O4S. The van der Waals surface area contributed by atoms with Crippen molar-refractivity contribution in [3.05, 3.63) is 94.5 Å². The van der Waals surface area contributed by atoms with Crippen LogP contribution in [0.15, 0.2) is 83.8 Å². The molecule has 1 saturated carbocycles. The molecule has 1 N–H and O–H groups in total. The maximum atomic E-state index is 14.1. The standard InChI is InChI=1S/C30H33Cl2N3O4S/c1-2-27(30(37)33-24-13-9-10-14-24)34(20-22-11-5-3-6-12-22)29(36)21-35(28-18-17-23(31)19-26(28)32)40(38,39)25-15-7-4-8-16-25/h3-8,11-12,15-19,24,27H,2,9-10,13-14,20-21H2,1H3,(H,33,37). The van der Waals surface area contributed by atoms with E-state index >= 15 is 0 Å². The Morgan fingerprint density at radius 3 is 2.17 bits per heavy atom. The van der Waals surface area contributed by atoms with Gasteiger partial charge in [0.2, 0.25) is 11.8 Å². The minimum Gasteiger partial charge on any atom is -0.352 e. The van der Waals surface area contributed by atoms with E-state index in [1.54, 1.807) is 18.2 Å². The first-order valence-electron chi connectivity index (χ1n) is 13.4. The van der Waals surface area contributed by atoms with Crippen LogP contribution in [-0.2, 0) is 26.2 Å². The Labute approximate surface area is 246 Å². The van der Waals surface area contributed by atoms with Crippen molar-refractivity contribution < 1.29 is 18.0 Å². The van der Waals surface area contributed by atoms with E-state index in [0.717, 1.165) is 35.6 Å². The molecular weight excluding hydrogens is 569 g/mol. The Balaban J connectivity index is 1.72. The molecule has 4 rings (SSSR count). The third-order valence-corrected chi connectivity index (χ3v) is 9.38. The van der Waals surface area contributed by atoms with Crippen LogP contribution in [-0.4, -0.2) is 43.8 Å². The average molecular weight is 603 g/mol.